The first-order valence-corrected chi connectivity index (χ1v) is 17.4. The maximum atomic E-state index is 13.3. The van der Waals surface area contributed by atoms with E-state index in [0.29, 0.717) is 29.9 Å². The van der Waals surface area contributed by atoms with Crippen molar-refractivity contribution in [1.29, 1.82) is 0 Å². The molecule has 6 N–H and O–H groups in total. The summed E-state index contributed by atoms with van der Waals surface area (Å²) in [4.78, 5) is 39.0. The largest absolute Gasteiger partial charge is 0.508 e. The number of nitrogens with one attached hydrogen (secondary N) is 2. The lowest BCUT2D eigenvalue weighted by Gasteiger charge is -2.47. The minimum atomic E-state index is -2.29. The highest BCUT2D eigenvalue weighted by Gasteiger charge is 2.56. The fraction of sp³-hybridized carbons (Fsp3) is 0.425. The first-order chi connectivity index (χ1) is 25.6. The molecule has 0 aromatic heterocycles. The van der Waals surface area contributed by atoms with Crippen LogP contribution in [-0.2, 0) is 41.6 Å². The van der Waals surface area contributed by atoms with Crippen LogP contribution in [-0.4, -0.2) is 101 Å². The number of hydrogen-bond acceptors (Lipinski definition) is 12. The second-order valence-corrected chi connectivity index (χ2v) is 13.8. The van der Waals surface area contributed by atoms with Crippen molar-refractivity contribution in [1.82, 2.24) is 10.6 Å². The lowest BCUT2D eigenvalue weighted by Crippen LogP contribution is -2.68. The number of methoxy groups -OCH3 is 1. The van der Waals surface area contributed by atoms with Gasteiger partial charge in [0.05, 0.1) is 45.0 Å². The zero-order valence-corrected chi connectivity index (χ0v) is 30.7. The highest BCUT2D eigenvalue weighted by atomic mass is 16.7. The highest BCUT2D eigenvalue weighted by molar-refractivity contribution is 5.79. The monoisotopic (exact) mass is 748 g/mol. The number of terminal acetylenes is 1. The van der Waals surface area contributed by atoms with E-state index in [4.69, 9.17) is 30.1 Å². The first kappa shape index (κ1) is 41.6. The van der Waals surface area contributed by atoms with Crippen molar-refractivity contribution in [3.63, 3.8) is 0 Å². The number of amides is 2. The molecule has 54 heavy (non-hydrogen) atoms. The first-order valence-electron chi connectivity index (χ1n) is 17.4. The number of hydrogen-bond donors (Lipinski definition) is 6. The van der Waals surface area contributed by atoms with E-state index in [0.717, 1.165) is 18.2 Å². The molecule has 0 radical (unpaired) electrons. The van der Waals surface area contributed by atoms with Gasteiger partial charge < -0.3 is 54.7 Å². The highest BCUT2D eigenvalue weighted by Crippen LogP contribution is 2.35. The number of aliphatic hydroxyl groups is 3. The molecule has 1 aliphatic rings. The Balaban J connectivity index is 1.47. The van der Waals surface area contributed by atoms with Gasteiger partial charge in [0.1, 0.15) is 29.3 Å². The van der Waals surface area contributed by atoms with Crippen LogP contribution in [0.15, 0.2) is 72.8 Å². The lowest BCUT2D eigenvalue weighted by molar-refractivity contribution is -0.315. The smallest absolute Gasteiger partial charge is 0.408 e. The number of esters is 1. The maximum Gasteiger partial charge on any atom is 0.408 e. The quantitative estimate of drug-likeness (QED) is 0.0755. The van der Waals surface area contributed by atoms with Gasteiger partial charge in [-0.2, -0.15) is 0 Å². The minimum absolute atomic E-state index is 0.0442. The molecule has 290 valence electrons. The van der Waals surface area contributed by atoms with Gasteiger partial charge in [0.2, 0.25) is 5.91 Å². The van der Waals surface area contributed by atoms with Gasteiger partial charge in [-0.05, 0) is 67.3 Å². The third kappa shape index (κ3) is 11.7. The topological polar surface area (TPSA) is 202 Å². The number of carbonyl (C=O) groups is 3. The van der Waals surface area contributed by atoms with Crippen LogP contribution in [0.3, 0.4) is 0 Å². The number of aliphatic hydroxyl groups excluding tert-OH is 3. The summed E-state index contributed by atoms with van der Waals surface area (Å²) in [5.41, 5.74) is 2.11. The summed E-state index contributed by atoms with van der Waals surface area (Å²) >= 11 is 0. The standard InChI is InChI=1S/C40H48N2O12/c1-6-7-20-51-30-18-10-26(11-19-30)24-52-40(37(48)50-5)22-31(44)34(42-38(49)54-39(2,3)4)36(53-40)35(47)32(45)23-41-33(46)21-25-8-12-27(13-9-25)28-14-16-29(43)17-15-28/h1,8-19,31-32,34-36,43-45,47H,7,20-24H2,2-5H3,(H,41,46)(H,42,49)/t31-,32+,34+,35+,36+,40+/m0/s1. The van der Waals surface area contributed by atoms with Crippen LogP contribution in [0, 0.1) is 12.3 Å². The van der Waals surface area contributed by atoms with Crippen molar-refractivity contribution in [2.24, 2.45) is 0 Å². The zero-order chi connectivity index (χ0) is 39.5. The van der Waals surface area contributed by atoms with E-state index in [2.05, 4.69) is 16.6 Å². The maximum absolute atomic E-state index is 13.3. The normalized spacial score (nSPS) is 20.8. The molecule has 0 spiro atoms. The van der Waals surface area contributed by atoms with E-state index < -0.39 is 72.8 Å². The van der Waals surface area contributed by atoms with Crippen LogP contribution in [0.25, 0.3) is 11.1 Å². The minimum Gasteiger partial charge on any atom is -0.508 e. The Labute approximate surface area is 314 Å². The molecule has 1 fully saturated rings. The van der Waals surface area contributed by atoms with Gasteiger partial charge >= 0.3 is 12.1 Å². The van der Waals surface area contributed by atoms with Crippen LogP contribution in [0.1, 0.15) is 44.7 Å². The second-order valence-electron chi connectivity index (χ2n) is 13.8. The molecule has 1 saturated heterocycles. The molecule has 3 aromatic carbocycles. The molecule has 14 nitrogen and oxygen atoms in total. The molecule has 2 amide bonds. The third-order valence-corrected chi connectivity index (χ3v) is 8.42. The predicted molar refractivity (Wildman–Crippen MR) is 196 cm³/mol. The summed E-state index contributed by atoms with van der Waals surface area (Å²) in [6.45, 7) is 4.56. The number of aromatic hydroxyl groups is 1. The molecule has 4 rings (SSSR count). The van der Waals surface area contributed by atoms with Crippen molar-refractivity contribution in [3.8, 4) is 35.0 Å². The number of phenols is 1. The Kier molecular flexibility index (Phi) is 14.4. The van der Waals surface area contributed by atoms with Crippen molar-refractivity contribution in [2.45, 2.75) is 88.5 Å². The molecule has 3 aromatic rings. The summed E-state index contributed by atoms with van der Waals surface area (Å²) in [6, 6.07) is 19.2. The van der Waals surface area contributed by atoms with E-state index in [1.807, 2.05) is 12.1 Å². The number of carbonyl (C=O) groups excluding carboxylic acids is 3. The summed E-state index contributed by atoms with van der Waals surface area (Å²) < 4.78 is 28.0. The zero-order valence-electron chi connectivity index (χ0n) is 30.7. The van der Waals surface area contributed by atoms with Crippen molar-refractivity contribution < 1.29 is 58.5 Å². The van der Waals surface area contributed by atoms with Gasteiger partial charge in [-0.3, -0.25) is 4.79 Å². The molecule has 14 heteroatoms. The number of rotatable bonds is 15. The summed E-state index contributed by atoms with van der Waals surface area (Å²) in [5, 5.41) is 48.5. The molecule has 1 aliphatic heterocycles. The van der Waals surface area contributed by atoms with E-state index in [9.17, 15) is 34.8 Å². The van der Waals surface area contributed by atoms with Crippen molar-refractivity contribution in [3.05, 3.63) is 83.9 Å². The average Bonchev–Trinajstić information content (AvgIpc) is 3.14. The SMILES string of the molecule is C#CCCOc1ccc(CO[C@]2(C(=O)OC)C[C@H](O)[C@@H](NC(=O)OC(C)(C)C)[C@H]([C@H](O)[C@H](O)CNC(=O)Cc3ccc(-c4ccc(O)cc4)cc3)O2)cc1. The van der Waals surface area contributed by atoms with Crippen LogP contribution in [0.2, 0.25) is 0 Å². The van der Waals surface area contributed by atoms with Crippen molar-refractivity contribution in [2.75, 3.05) is 20.3 Å². The molecule has 0 unspecified atom stereocenters. The lowest BCUT2D eigenvalue weighted by atomic mass is 9.88. The Hall–Kier alpha value is -5.17. The molecular formula is C40H48N2O12. The molecule has 0 saturated carbocycles. The fourth-order valence-corrected chi connectivity index (χ4v) is 5.69. The van der Waals surface area contributed by atoms with Gasteiger partial charge in [-0.1, -0.05) is 48.5 Å². The molecule has 0 bridgehead atoms. The van der Waals surface area contributed by atoms with E-state index in [1.54, 1.807) is 81.4 Å². The third-order valence-electron chi connectivity index (χ3n) is 8.42. The predicted octanol–water partition coefficient (Wildman–Crippen LogP) is 2.97. The van der Waals surface area contributed by atoms with Crippen LogP contribution in [0.5, 0.6) is 11.5 Å². The second kappa shape index (κ2) is 18.7. The van der Waals surface area contributed by atoms with Gasteiger partial charge in [-0.25, -0.2) is 9.59 Å². The average molecular weight is 749 g/mol. The fourth-order valence-electron chi connectivity index (χ4n) is 5.69. The van der Waals surface area contributed by atoms with E-state index >= 15 is 0 Å². The van der Waals surface area contributed by atoms with Crippen LogP contribution >= 0.6 is 0 Å². The van der Waals surface area contributed by atoms with Crippen LogP contribution in [0.4, 0.5) is 4.79 Å². The number of phenolic OH excluding ortho intramolecular Hbond substituents is 1. The summed E-state index contributed by atoms with van der Waals surface area (Å²) in [7, 11) is 1.09. The number of benzene rings is 3. The molecular weight excluding hydrogens is 700 g/mol. The van der Waals surface area contributed by atoms with Gasteiger partial charge in [0.25, 0.3) is 5.79 Å². The summed E-state index contributed by atoms with van der Waals surface area (Å²) in [6.07, 6.45) is -2.68. The van der Waals surface area contributed by atoms with Gasteiger partial charge in [-0.15, -0.1) is 12.3 Å². The molecule has 6 atom stereocenters. The van der Waals surface area contributed by atoms with Crippen molar-refractivity contribution >= 4 is 18.0 Å². The van der Waals surface area contributed by atoms with E-state index in [-0.39, 0.29) is 18.8 Å². The number of ether oxygens (including phenoxy) is 5. The van der Waals surface area contributed by atoms with E-state index in [1.165, 1.54) is 0 Å². The van der Waals surface area contributed by atoms with Gasteiger partial charge in [0, 0.05) is 19.4 Å². The Morgan fingerprint density at radius 2 is 1.59 bits per heavy atom. The summed E-state index contributed by atoms with van der Waals surface area (Å²) in [5.74, 6) is -0.594. The van der Waals surface area contributed by atoms with Crippen LogP contribution < -0.4 is 15.4 Å². The molecule has 1 heterocycles. The van der Waals surface area contributed by atoms with Gasteiger partial charge in [0.15, 0.2) is 0 Å². The molecule has 0 aliphatic carbocycles. The Bertz CT molecular complexity index is 1730. The Morgan fingerprint density at radius 3 is 2.19 bits per heavy atom. The number of alkyl carbamates (subject to hydrolysis) is 1. The Morgan fingerprint density at radius 1 is 0.981 bits per heavy atom.